The van der Waals surface area contributed by atoms with Crippen LogP contribution in [0.25, 0.3) is 6.08 Å². The van der Waals surface area contributed by atoms with Crippen LogP contribution >= 0.6 is 0 Å². The second-order valence-electron chi connectivity index (χ2n) is 7.72. The van der Waals surface area contributed by atoms with Gasteiger partial charge in [-0.05, 0) is 55.0 Å². The van der Waals surface area contributed by atoms with E-state index >= 15 is 0 Å². The van der Waals surface area contributed by atoms with Gasteiger partial charge in [-0.1, -0.05) is 41.5 Å². The van der Waals surface area contributed by atoms with E-state index in [0.29, 0.717) is 25.2 Å². The van der Waals surface area contributed by atoms with Crippen LogP contribution in [0.4, 0.5) is 5.82 Å². The SMILES string of the molecule is Cc1cccc(CC2=CCN(C(=O)/C=C/c3cnc4c(c3)CCC(=O)N4)CC2)c1. The van der Waals surface area contributed by atoms with E-state index in [1.807, 2.05) is 11.0 Å². The number of carbonyl (C=O) groups is 2. The lowest BCUT2D eigenvalue weighted by Gasteiger charge is -2.25. The molecule has 0 unspecified atom stereocenters. The van der Waals surface area contributed by atoms with Crippen LogP contribution in [0.5, 0.6) is 0 Å². The third-order valence-electron chi connectivity index (χ3n) is 5.41. The topological polar surface area (TPSA) is 62.3 Å². The highest BCUT2D eigenvalue weighted by Gasteiger charge is 2.17. The number of nitrogens with zero attached hydrogens (tertiary/aromatic N) is 2. The summed E-state index contributed by atoms with van der Waals surface area (Å²) in [7, 11) is 0. The van der Waals surface area contributed by atoms with Gasteiger partial charge in [0.2, 0.25) is 11.8 Å². The van der Waals surface area contributed by atoms with E-state index in [0.717, 1.165) is 30.5 Å². The summed E-state index contributed by atoms with van der Waals surface area (Å²) in [6, 6.07) is 10.6. The maximum atomic E-state index is 12.5. The molecule has 0 saturated heterocycles. The molecule has 2 aliphatic heterocycles. The lowest BCUT2D eigenvalue weighted by molar-refractivity contribution is -0.125. The van der Waals surface area contributed by atoms with Gasteiger partial charge in [-0.3, -0.25) is 9.59 Å². The van der Waals surface area contributed by atoms with Gasteiger partial charge in [0.25, 0.3) is 0 Å². The van der Waals surface area contributed by atoms with Crippen molar-refractivity contribution in [1.82, 2.24) is 9.88 Å². The van der Waals surface area contributed by atoms with Crippen LogP contribution in [0, 0.1) is 6.92 Å². The molecule has 0 radical (unpaired) electrons. The molecule has 1 N–H and O–H groups in total. The van der Waals surface area contributed by atoms with Gasteiger partial charge in [-0.25, -0.2) is 4.98 Å². The van der Waals surface area contributed by atoms with Crippen molar-refractivity contribution in [1.29, 1.82) is 0 Å². The minimum absolute atomic E-state index is 0.00314. The van der Waals surface area contributed by atoms with Gasteiger partial charge in [-0.2, -0.15) is 0 Å². The molecule has 3 heterocycles. The highest BCUT2D eigenvalue weighted by atomic mass is 16.2. The van der Waals surface area contributed by atoms with Gasteiger partial charge in [-0.15, -0.1) is 0 Å². The molecule has 0 aliphatic carbocycles. The number of nitrogens with one attached hydrogen (secondary N) is 1. The highest BCUT2D eigenvalue weighted by Crippen LogP contribution is 2.22. The van der Waals surface area contributed by atoms with Crippen molar-refractivity contribution in [3.05, 3.63) is 76.5 Å². The molecule has 0 bridgehead atoms. The van der Waals surface area contributed by atoms with Crippen molar-refractivity contribution in [2.75, 3.05) is 18.4 Å². The van der Waals surface area contributed by atoms with E-state index in [1.165, 1.54) is 16.7 Å². The van der Waals surface area contributed by atoms with Crippen molar-refractivity contribution in [3.63, 3.8) is 0 Å². The lowest BCUT2D eigenvalue weighted by atomic mass is 9.98. The summed E-state index contributed by atoms with van der Waals surface area (Å²) in [4.78, 5) is 30.1. The third-order valence-corrected chi connectivity index (χ3v) is 5.41. The van der Waals surface area contributed by atoms with E-state index in [1.54, 1.807) is 18.3 Å². The van der Waals surface area contributed by atoms with Crippen LogP contribution in [0.3, 0.4) is 0 Å². The quantitative estimate of drug-likeness (QED) is 0.643. The summed E-state index contributed by atoms with van der Waals surface area (Å²) in [5.74, 6) is 0.650. The zero-order valence-electron chi connectivity index (χ0n) is 16.6. The first-order valence-corrected chi connectivity index (χ1v) is 10.1. The number of rotatable bonds is 4. The molecule has 4 rings (SSSR count). The molecule has 2 amide bonds. The van der Waals surface area contributed by atoms with Crippen LogP contribution in [-0.4, -0.2) is 34.8 Å². The number of benzene rings is 1. The van der Waals surface area contributed by atoms with E-state index in [-0.39, 0.29) is 11.8 Å². The second-order valence-corrected chi connectivity index (χ2v) is 7.72. The number of aryl methyl sites for hydroxylation is 2. The fraction of sp³-hybridized carbons (Fsp3) is 0.292. The molecule has 2 aromatic rings. The minimum atomic E-state index is 0.00314. The molecule has 148 valence electrons. The summed E-state index contributed by atoms with van der Waals surface area (Å²) >= 11 is 0. The molecule has 2 aliphatic rings. The number of anilines is 1. The summed E-state index contributed by atoms with van der Waals surface area (Å²) in [6.07, 6.45) is 10.3. The fourth-order valence-electron chi connectivity index (χ4n) is 3.79. The van der Waals surface area contributed by atoms with Crippen LogP contribution in [-0.2, 0) is 22.4 Å². The van der Waals surface area contributed by atoms with E-state index in [2.05, 4.69) is 47.6 Å². The van der Waals surface area contributed by atoms with Crippen LogP contribution in [0.1, 0.15) is 35.1 Å². The fourth-order valence-corrected chi connectivity index (χ4v) is 3.79. The predicted molar refractivity (Wildman–Crippen MR) is 114 cm³/mol. The first-order valence-electron chi connectivity index (χ1n) is 10.1. The molecular formula is C24H25N3O2. The Kier molecular flexibility index (Phi) is 5.56. The van der Waals surface area contributed by atoms with Crippen molar-refractivity contribution < 1.29 is 9.59 Å². The predicted octanol–water partition coefficient (Wildman–Crippen LogP) is 3.69. The average molecular weight is 387 g/mol. The lowest BCUT2D eigenvalue weighted by Crippen LogP contribution is -2.33. The minimum Gasteiger partial charge on any atom is -0.335 e. The van der Waals surface area contributed by atoms with Gasteiger partial charge in [0.15, 0.2) is 0 Å². The summed E-state index contributed by atoms with van der Waals surface area (Å²) in [5, 5.41) is 2.77. The number of hydrogen-bond acceptors (Lipinski definition) is 3. The Morgan fingerprint density at radius 3 is 2.93 bits per heavy atom. The number of pyridine rings is 1. The molecule has 29 heavy (non-hydrogen) atoms. The molecule has 0 saturated carbocycles. The standard InChI is InChI=1S/C24H25N3O2/c1-17-3-2-4-19(13-17)14-18-9-11-27(12-10-18)23(29)8-5-20-15-21-6-7-22(28)26-24(21)25-16-20/h2-5,8-9,13,15-16H,6-7,10-12,14H2,1H3,(H,25,26,28)/b8-5+. The molecule has 0 fully saturated rings. The van der Waals surface area contributed by atoms with Crippen molar-refractivity contribution in [3.8, 4) is 0 Å². The number of amides is 2. The van der Waals surface area contributed by atoms with Crippen LogP contribution in [0.15, 0.2) is 54.3 Å². The van der Waals surface area contributed by atoms with Crippen LogP contribution < -0.4 is 5.32 Å². The van der Waals surface area contributed by atoms with Gasteiger partial charge < -0.3 is 10.2 Å². The second kappa shape index (κ2) is 8.43. The Morgan fingerprint density at radius 2 is 2.14 bits per heavy atom. The Bertz CT molecular complexity index is 1010. The number of aromatic nitrogens is 1. The van der Waals surface area contributed by atoms with Crippen molar-refractivity contribution in [2.24, 2.45) is 0 Å². The first-order chi connectivity index (χ1) is 14.1. The monoisotopic (exact) mass is 387 g/mol. The summed E-state index contributed by atoms with van der Waals surface area (Å²) in [5.41, 5.74) is 5.89. The molecule has 1 aromatic carbocycles. The summed E-state index contributed by atoms with van der Waals surface area (Å²) < 4.78 is 0. The average Bonchev–Trinajstić information content (AvgIpc) is 2.72. The van der Waals surface area contributed by atoms with Crippen molar-refractivity contribution >= 4 is 23.7 Å². The van der Waals surface area contributed by atoms with Gasteiger partial charge in [0, 0.05) is 31.8 Å². The molecule has 0 spiro atoms. The largest absolute Gasteiger partial charge is 0.335 e. The number of carbonyl (C=O) groups excluding carboxylic acids is 2. The molecule has 5 nitrogen and oxygen atoms in total. The summed E-state index contributed by atoms with van der Waals surface area (Å²) in [6.45, 7) is 3.51. The molecule has 1 aromatic heterocycles. The Hall–Kier alpha value is -3.21. The Balaban J connectivity index is 1.35. The first kappa shape index (κ1) is 19.1. The number of hydrogen-bond donors (Lipinski definition) is 1. The van der Waals surface area contributed by atoms with Gasteiger partial charge in [0.1, 0.15) is 5.82 Å². The molecule has 5 heteroatoms. The Morgan fingerprint density at radius 1 is 1.24 bits per heavy atom. The third kappa shape index (κ3) is 4.80. The normalized spacial score (nSPS) is 16.4. The zero-order chi connectivity index (χ0) is 20.2. The smallest absolute Gasteiger partial charge is 0.246 e. The van der Waals surface area contributed by atoms with Crippen LogP contribution in [0.2, 0.25) is 0 Å². The van der Waals surface area contributed by atoms with Gasteiger partial charge >= 0.3 is 0 Å². The highest BCUT2D eigenvalue weighted by molar-refractivity contribution is 5.94. The van der Waals surface area contributed by atoms with E-state index in [4.69, 9.17) is 0 Å². The van der Waals surface area contributed by atoms with Crippen molar-refractivity contribution in [2.45, 2.75) is 32.6 Å². The molecular weight excluding hydrogens is 362 g/mol. The maximum absolute atomic E-state index is 12.5. The zero-order valence-corrected chi connectivity index (χ0v) is 16.6. The van der Waals surface area contributed by atoms with E-state index in [9.17, 15) is 9.59 Å². The number of fused-ring (bicyclic) bond motifs is 1. The Labute approximate surface area is 171 Å². The molecule has 0 atom stereocenters. The van der Waals surface area contributed by atoms with Gasteiger partial charge in [0.05, 0.1) is 0 Å². The maximum Gasteiger partial charge on any atom is 0.246 e. The van der Waals surface area contributed by atoms with E-state index < -0.39 is 0 Å².